The summed E-state index contributed by atoms with van der Waals surface area (Å²) in [6, 6.07) is 3.62. The lowest BCUT2D eigenvalue weighted by Crippen LogP contribution is -2.52. The molecule has 1 aromatic carbocycles. The number of hydrogen-bond acceptors (Lipinski definition) is 2. The molecule has 0 fully saturated rings. The van der Waals surface area contributed by atoms with Crippen LogP contribution in [0.4, 0.5) is 8.78 Å². The number of likely N-dealkylation sites (N-methyl/N-ethyl adjacent to an activating group) is 2. The van der Waals surface area contributed by atoms with Crippen LogP contribution in [-0.2, 0) is 0 Å². The van der Waals surface area contributed by atoms with Crippen molar-refractivity contribution in [3.63, 3.8) is 0 Å². The first-order valence-corrected chi connectivity index (χ1v) is 7.31. The van der Waals surface area contributed by atoms with Crippen LogP contribution < -0.4 is 5.32 Å². The Morgan fingerprint density at radius 1 is 1.05 bits per heavy atom. The molecule has 0 saturated heterocycles. The van der Waals surface area contributed by atoms with Crippen LogP contribution in [-0.4, -0.2) is 30.1 Å². The molecule has 0 bridgehead atoms. The van der Waals surface area contributed by atoms with E-state index in [0.717, 1.165) is 25.7 Å². The Morgan fingerprint density at radius 2 is 1.55 bits per heavy atom. The van der Waals surface area contributed by atoms with E-state index in [4.69, 9.17) is 0 Å². The molecule has 0 aliphatic heterocycles. The monoisotopic (exact) mass is 284 g/mol. The SMILES string of the molecule is CCNC(c1cc(F)cc(F)c1)C(C)(C)N(CC)CC. The summed E-state index contributed by atoms with van der Waals surface area (Å²) in [4.78, 5) is 2.29. The second-order valence-corrected chi connectivity index (χ2v) is 5.52. The number of nitrogens with one attached hydrogen (secondary N) is 1. The van der Waals surface area contributed by atoms with Crippen LogP contribution in [0.25, 0.3) is 0 Å². The van der Waals surface area contributed by atoms with Crippen molar-refractivity contribution in [1.82, 2.24) is 10.2 Å². The summed E-state index contributed by atoms with van der Waals surface area (Å²) in [5.74, 6) is -1.06. The van der Waals surface area contributed by atoms with E-state index in [0.29, 0.717) is 5.56 Å². The molecule has 1 atom stereocenters. The zero-order valence-corrected chi connectivity index (χ0v) is 13.1. The number of hydrogen-bond donors (Lipinski definition) is 1. The van der Waals surface area contributed by atoms with Crippen LogP contribution in [0.3, 0.4) is 0 Å². The van der Waals surface area contributed by atoms with Crippen molar-refractivity contribution in [2.24, 2.45) is 0 Å². The summed E-state index contributed by atoms with van der Waals surface area (Å²) in [7, 11) is 0. The Kier molecular flexibility index (Phi) is 6.08. The van der Waals surface area contributed by atoms with Crippen molar-refractivity contribution in [3.8, 4) is 0 Å². The largest absolute Gasteiger partial charge is 0.309 e. The molecule has 0 heterocycles. The first kappa shape index (κ1) is 17.1. The van der Waals surface area contributed by atoms with Crippen molar-refractivity contribution in [1.29, 1.82) is 0 Å². The number of benzene rings is 1. The molecule has 0 radical (unpaired) electrons. The van der Waals surface area contributed by atoms with Crippen LogP contribution in [0.1, 0.15) is 46.2 Å². The Balaban J connectivity index is 3.21. The minimum Gasteiger partial charge on any atom is -0.309 e. The molecule has 0 saturated carbocycles. The number of nitrogens with zero attached hydrogens (tertiary/aromatic N) is 1. The topological polar surface area (TPSA) is 15.3 Å². The highest BCUT2D eigenvalue weighted by atomic mass is 19.1. The molecule has 4 heteroatoms. The van der Waals surface area contributed by atoms with Crippen molar-refractivity contribution in [2.75, 3.05) is 19.6 Å². The first-order chi connectivity index (χ1) is 9.36. The second kappa shape index (κ2) is 7.14. The van der Waals surface area contributed by atoms with E-state index in [1.165, 1.54) is 12.1 Å². The Morgan fingerprint density at radius 3 is 1.95 bits per heavy atom. The van der Waals surface area contributed by atoms with Gasteiger partial charge in [0.05, 0.1) is 6.04 Å². The van der Waals surface area contributed by atoms with Gasteiger partial charge in [-0.1, -0.05) is 20.8 Å². The van der Waals surface area contributed by atoms with Gasteiger partial charge in [0.15, 0.2) is 0 Å². The van der Waals surface area contributed by atoms with Gasteiger partial charge in [-0.3, -0.25) is 4.90 Å². The van der Waals surface area contributed by atoms with Crippen molar-refractivity contribution in [3.05, 3.63) is 35.4 Å². The standard InChI is InChI=1S/C16H26F2N2/c1-6-19-15(16(4,5)20(7-2)8-3)12-9-13(17)11-14(18)10-12/h9-11,15,19H,6-8H2,1-5H3. The van der Waals surface area contributed by atoms with Crippen LogP contribution >= 0.6 is 0 Å². The van der Waals surface area contributed by atoms with E-state index in [2.05, 4.69) is 37.9 Å². The molecular formula is C16H26F2N2. The minimum absolute atomic E-state index is 0.127. The van der Waals surface area contributed by atoms with Gasteiger partial charge in [0.1, 0.15) is 11.6 Å². The second-order valence-electron chi connectivity index (χ2n) is 5.52. The maximum Gasteiger partial charge on any atom is 0.126 e. The maximum atomic E-state index is 13.5. The molecule has 0 amide bonds. The lowest BCUT2D eigenvalue weighted by molar-refractivity contribution is 0.0916. The molecule has 20 heavy (non-hydrogen) atoms. The van der Waals surface area contributed by atoms with E-state index >= 15 is 0 Å². The van der Waals surface area contributed by atoms with Gasteiger partial charge in [-0.15, -0.1) is 0 Å². The normalized spacial score (nSPS) is 13.8. The summed E-state index contributed by atoms with van der Waals surface area (Å²) in [5, 5.41) is 3.37. The molecule has 1 rings (SSSR count). The molecule has 0 aliphatic carbocycles. The van der Waals surface area contributed by atoms with Crippen molar-refractivity contribution < 1.29 is 8.78 Å². The fourth-order valence-electron chi connectivity index (χ4n) is 2.94. The molecule has 0 aromatic heterocycles. The zero-order chi connectivity index (χ0) is 15.3. The van der Waals surface area contributed by atoms with Gasteiger partial charge in [-0.25, -0.2) is 8.78 Å². The Labute approximate surface area is 121 Å². The number of rotatable bonds is 7. The smallest absolute Gasteiger partial charge is 0.126 e. The fourth-order valence-corrected chi connectivity index (χ4v) is 2.94. The van der Waals surface area contributed by atoms with Gasteiger partial charge in [0.25, 0.3) is 0 Å². The predicted molar refractivity (Wildman–Crippen MR) is 79.8 cm³/mol. The summed E-state index contributed by atoms with van der Waals surface area (Å²) < 4.78 is 27.0. The summed E-state index contributed by atoms with van der Waals surface area (Å²) in [6.45, 7) is 12.9. The molecule has 0 aliphatic rings. The molecule has 0 spiro atoms. The zero-order valence-electron chi connectivity index (χ0n) is 13.1. The van der Waals surface area contributed by atoms with Crippen molar-refractivity contribution in [2.45, 2.75) is 46.2 Å². The van der Waals surface area contributed by atoms with E-state index < -0.39 is 11.6 Å². The fraction of sp³-hybridized carbons (Fsp3) is 0.625. The molecule has 1 unspecified atom stereocenters. The van der Waals surface area contributed by atoms with Gasteiger partial charge < -0.3 is 5.32 Å². The van der Waals surface area contributed by atoms with Crippen LogP contribution in [0.15, 0.2) is 18.2 Å². The van der Waals surface area contributed by atoms with E-state index in [-0.39, 0.29) is 11.6 Å². The highest BCUT2D eigenvalue weighted by Gasteiger charge is 2.34. The molecule has 2 nitrogen and oxygen atoms in total. The maximum absolute atomic E-state index is 13.5. The number of halogens is 2. The summed E-state index contributed by atoms with van der Waals surface area (Å²) in [5.41, 5.74) is 0.418. The quantitative estimate of drug-likeness (QED) is 0.820. The van der Waals surface area contributed by atoms with Gasteiger partial charge in [-0.2, -0.15) is 0 Å². The third-order valence-corrected chi connectivity index (χ3v) is 3.91. The third kappa shape index (κ3) is 3.76. The first-order valence-electron chi connectivity index (χ1n) is 7.31. The lowest BCUT2D eigenvalue weighted by Gasteiger charge is -2.44. The average Bonchev–Trinajstić information content (AvgIpc) is 2.35. The summed E-state index contributed by atoms with van der Waals surface area (Å²) >= 11 is 0. The Bertz CT molecular complexity index is 408. The predicted octanol–water partition coefficient (Wildman–Crippen LogP) is 3.74. The van der Waals surface area contributed by atoms with Crippen LogP contribution in [0, 0.1) is 11.6 Å². The van der Waals surface area contributed by atoms with Crippen LogP contribution in [0.2, 0.25) is 0 Å². The van der Waals surface area contributed by atoms with Crippen LogP contribution in [0.5, 0.6) is 0 Å². The Hall–Kier alpha value is -1.00. The van der Waals surface area contributed by atoms with E-state index in [1.807, 2.05) is 6.92 Å². The highest BCUT2D eigenvalue weighted by molar-refractivity contribution is 5.24. The molecular weight excluding hydrogens is 258 g/mol. The van der Waals surface area contributed by atoms with E-state index in [9.17, 15) is 8.78 Å². The van der Waals surface area contributed by atoms with Gasteiger partial charge in [0, 0.05) is 11.6 Å². The molecule has 1 aromatic rings. The van der Waals surface area contributed by atoms with Crippen molar-refractivity contribution >= 4 is 0 Å². The van der Waals surface area contributed by atoms with E-state index in [1.54, 1.807) is 0 Å². The third-order valence-electron chi connectivity index (χ3n) is 3.91. The molecule has 1 N–H and O–H groups in total. The van der Waals surface area contributed by atoms with Gasteiger partial charge >= 0.3 is 0 Å². The van der Waals surface area contributed by atoms with Gasteiger partial charge in [-0.05, 0) is 51.2 Å². The average molecular weight is 284 g/mol. The lowest BCUT2D eigenvalue weighted by atomic mass is 9.86. The highest BCUT2D eigenvalue weighted by Crippen LogP contribution is 2.31. The molecule has 114 valence electrons. The van der Waals surface area contributed by atoms with Gasteiger partial charge in [0.2, 0.25) is 0 Å². The minimum atomic E-state index is -0.529. The summed E-state index contributed by atoms with van der Waals surface area (Å²) in [6.07, 6.45) is 0.